The van der Waals surface area contributed by atoms with Gasteiger partial charge in [-0.15, -0.1) is 5.10 Å². The van der Waals surface area contributed by atoms with E-state index >= 15 is 0 Å². The number of ether oxygens (including phenoxy) is 1. The van der Waals surface area contributed by atoms with E-state index in [0.29, 0.717) is 16.1 Å². The molecule has 8 heteroatoms. The Hall–Kier alpha value is -3.45. The molecule has 0 amide bonds. The van der Waals surface area contributed by atoms with Gasteiger partial charge in [0.1, 0.15) is 0 Å². The van der Waals surface area contributed by atoms with Gasteiger partial charge < -0.3 is 9.84 Å². The van der Waals surface area contributed by atoms with Crippen molar-refractivity contribution in [2.45, 2.75) is 25.8 Å². The number of carboxylic acids is 1. The number of aromatic nitrogens is 2. The lowest BCUT2D eigenvalue weighted by Crippen LogP contribution is -2.48. The van der Waals surface area contributed by atoms with E-state index in [1.54, 1.807) is 42.5 Å². The van der Waals surface area contributed by atoms with Crippen molar-refractivity contribution in [3.8, 4) is 17.0 Å². The molecular weight excluding hydrogens is 420 g/mol. The standard InChI is InChI=1S/C23H21ClN2O5/c1-14(27)17-10-9-16(24)11-18(17)19-12-20(28)26(25-21(19)31-3)23(2,22(29)30)13-15-7-5-4-6-8-15/h4-12H,13H2,1-3H3,(H,29,30)/t23-/m0/s1. The fourth-order valence-electron chi connectivity index (χ4n) is 3.42. The van der Waals surface area contributed by atoms with Crippen LogP contribution >= 0.6 is 11.6 Å². The summed E-state index contributed by atoms with van der Waals surface area (Å²) in [6, 6.07) is 14.9. The summed E-state index contributed by atoms with van der Waals surface area (Å²) in [5.74, 6) is -1.44. The third-order valence-corrected chi connectivity index (χ3v) is 5.30. The van der Waals surface area contributed by atoms with E-state index in [1.807, 2.05) is 6.07 Å². The van der Waals surface area contributed by atoms with E-state index < -0.39 is 17.1 Å². The first-order valence-electron chi connectivity index (χ1n) is 9.44. The van der Waals surface area contributed by atoms with Crippen LogP contribution in [0, 0.1) is 0 Å². The van der Waals surface area contributed by atoms with Crippen molar-refractivity contribution in [1.82, 2.24) is 9.78 Å². The Kier molecular flexibility index (Phi) is 6.27. The number of ketones is 1. The van der Waals surface area contributed by atoms with Crippen molar-refractivity contribution >= 4 is 23.4 Å². The van der Waals surface area contributed by atoms with E-state index in [1.165, 1.54) is 27.0 Å². The van der Waals surface area contributed by atoms with Crippen LogP contribution < -0.4 is 10.3 Å². The predicted octanol–water partition coefficient (Wildman–Crippen LogP) is 3.82. The highest BCUT2D eigenvalue weighted by molar-refractivity contribution is 6.31. The van der Waals surface area contributed by atoms with Gasteiger partial charge in [-0.2, -0.15) is 0 Å². The van der Waals surface area contributed by atoms with Gasteiger partial charge in [0, 0.05) is 23.1 Å². The summed E-state index contributed by atoms with van der Waals surface area (Å²) < 4.78 is 6.28. The highest BCUT2D eigenvalue weighted by Gasteiger charge is 2.38. The van der Waals surface area contributed by atoms with Crippen molar-refractivity contribution in [3.05, 3.63) is 81.1 Å². The first-order chi connectivity index (χ1) is 14.7. The van der Waals surface area contributed by atoms with Crippen LogP contribution in [-0.2, 0) is 16.8 Å². The summed E-state index contributed by atoms with van der Waals surface area (Å²) in [6.07, 6.45) is 0.0362. The Balaban J connectivity index is 2.22. The molecule has 0 radical (unpaired) electrons. The molecule has 0 aliphatic carbocycles. The molecule has 0 fully saturated rings. The van der Waals surface area contributed by atoms with E-state index in [4.69, 9.17) is 16.3 Å². The first-order valence-corrected chi connectivity index (χ1v) is 9.82. The maximum atomic E-state index is 13.1. The summed E-state index contributed by atoms with van der Waals surface area (Å²) in [6.45, 7) is 2.82. The largest absolute Gasteiger partial charge is 0.480 e. The Morgan fingerprint density at radius 1 is 1.13 bits per heavy atom. The van der Waals surface area contributed by atoms with E-state index in [-0.39, 0.29) is 23.6 Å². The number of benzene rings is 2. The lowest BCUT2D eigenvalue weighted by Gasteiger charge is -2.27. The molecule has 0 bridgehead atoms. The zero-order chi connectivity index (χ0) is 22.8. The minimum absolute atomic E-state index is 0.00454. The third kappa shape index (κ3) is 4.36. The molecule has 1 aromatic heterocycles. The number of carboxylic acid groups (broad SMARTS) is 1. The van der Waals surface area contributed by atoms with Gasteiger partial charge in [-0.25, -0.2) is 9.48 Å². The number of carbonyl (C=O) groups is 2. The zero-order valence-electron chi connectivity index (χ0n) is 17.3. The van der Waals surface area contributed by atoms with Crippen LogP contribution in [-0.4, -0.2) is 33.7 Å². The molecule has 3 aromatic rings. The van der Waals surface area contributed by atoms with Gasteiger partial charge in [0.15, 0.2) is 11.3 Å². The maximum absolute atomic E-state index is 13.1. The summed E-state index contributed by atoms with van der Waals surface area (Å²) in [5, 5.41) is 14.6. The molecule has 7 nitrogen and oxygen atoms in total. The molecule has 1 N–H and O–H groups in total. The second-order valence-corrected chi connectivity index (χ2v) is 7.74. The normalized spacial score (nSPS) is 12.8. The SMILES string of the molecule is COc1nn([C@@](C)(Cc2ccccc2)C(=O)O)c(=O)cc1-c1cc(Cl)ccc1C(C)=O. The topological polar surface area (TPSA) is 98.5 Å². The maximum Gasteiger partial charge on any atom is 0.331 e. The number of hydrogen-bond acceptors (Lipinski definition) is 5. The highest BCUT2D eigenvalue weighted by atomic mass is 35.5. The minimum atomic E-state index is -1.66. The summed E-state index contributed by atoms with van der Waals surface area (Å²) in [7, 11) is 1.36. The number of rotatable bonds is 7. The van der Waals surface area contributed by atoms with Crippen LogP contribution in [0.25, 0.3) is 11.1 Å². The summed E-state index contributed by atoms with van der Waals surface area (Å²) >= 11 is 6.11. The number of halogens is 1. The Labute approximate surface area is 183 Å². The molecule has 0 unspecified atom stereocenters. The smallest absolute Gasteiger partial charge is 0.331 e. The average Bonchev–Trinajstić information content (AvgIpc) is 2.73. The minimum Gasteiger partial charge on any atom is -0.480 e. The number of hydrogen-bond donors (Lipinski definition) is 1. The highest BCUT2D eigenvalue weighted by Crippen LogP contribution is 2.33. The van der Waals surface area contributed by atoms with Crippen molar-refractivity contribution in [2.24, 2.45) is 0 Å². The van der Waals surface area contributed by atoms with Crippen molar-refractivity contribution in [1.29, 1.82) is 0 Å². The second kappa shape index (κ2) is 8.73. The first kappa shape index (κ1) is 22.2. The average molecular weight is 441 g/mol. The van der Waals surface area contributed by atoms with Crippen LogP contribution in [0.5, 0.6) is 5.88 Å². The van der Waals surface area contributed by atoms with Crippen LogP contribution in [0.3, 0.4) is 0 Å². The Morgan fingerprint density at radius 3 is 2.39 bits per heavy atom. The van der Waals surface area contributed by atoms with Gasteiger partial charge in [0.2, 0.25) is 5.88 Å². The van der Waals surface area contributed by atoms with Crippen LogP contribution in [0.1, 0.15) is 29.8 Å². The number of nitrogens with zero attached hydrogens (tertiary/aromatic N) is 2. The lowest BCUT2D eigenvalue weighted by atomic mass is 9.92. The third-order valence-electron chi connectivity index (χ3n) is 5.06. The van der Waals surface area contributed by atoms with Crippen LogP contribution in [0.4, 0.5) is 0 Å². The molecule has 1 atom stereocenters. The quantitative estimate of drug-likeness (QED) is 0.561. The number of Topliss-reactive ketones (excluding diaryl/α,β-unsaturated/α-hetero) is 1. The molecule has 0 aliphatic heterocycles. The fourth-order valence-corrected chi connectivity index (χ4v) is 3.59. The lowest BCUT2D eigenvalue weighted by molar-refractivity contribution is -0.147. The van der Waals surface area contributed by atoms with E-state index in [2.05, 4.69) is 5.10 Å². The second-order valence-electron chi connectivity index (χ2n) is 7.30. The van der Waals surface area contributed by atoms with Gasteiger partial charge in [-0.05, 0) is 43.2 Å². The molecule has 0 saturated heterocycles. The monoisotopic (exact) mass is 440 g/mol. The molecule has 2 aromatic carbocycles. The summed E-state index contributed by atoms with van der Waals surface area (Å²) in [5.41, 5.74) is -0.601. The van der Waals surface area contributed by atoms with Gasteiger partial charge >= 0.3 is 5.97 Å². The van der Waals surface area contributed by atoms with Gasteiger partial charge in [0.25, 0.3) is 5.56 Å². The molecule has 0 spiro atoms. The van der Waals surface area contributed by atoms with Crippen molar-refractivity contribution in [2.75, 3.05) is 7.11 Å². The predicted molar refractivity (Wildman–Crippen MR) is 117 cm³/mol. The van der Waals surface area contributed by atoms with Gasteiger partial charge in [0.05, 0.1) is 12.7 Å². The molecule has 31 heavy (non-hydrogen) atoms. The molecule has 3 rings (SSSR count). The molecule has 0 aliphatic rings. The van der Waals surface area contributed by atoms with E-state index in [0.717, 1.165) is 10.2 Å². The number of methoxy groups -OCH3 is 1. The van der Waals surface area contributed by atoms with Crippen LogP contribution in [0.15, 0.2) is 59.4 Å². The fraction of sp³-hybridized carbons (Fsp3) is 0.217. The zero-order valence-corrected chi connectivity index (χ0v) is 18.0. The van der Waals surface area contributed by atoms with E-state index in [9.17, 15) is 19.5 Å². The summed E-state index contributed by atoms with van der Waals surface area (Å²) in [4.78, 5) is 37.4. The van der Waals surface area contributed by atoms with Gasteiger partial charge in [-0.1, -0.05) is 41.9 Å². The number of aliphatic carboxylic acids is 1. The van der Waals surface area contributed by atoms with Crippen molar-refractivity contribution in [3.63, 3.8) is 0 Å². The van der Waals surface area contributed by atoms with Crippen molar-refractivity contribution < 1.29 is 19.4 Å². The molecule has 1 heterocycles. The molecular formula is C23H21ClN2O5. The molecule has 0 saturated carbocycles. The van der Waals surface area contributed by atoms with Gasteiger partial charge in [-0.3, -0.25) is 9.59 Å². The molecule has 160 valence electrons. The van der Waals surface area contributed by atoms with Crippen LogP contribution in [0.2, 0.25) is 5.02 Å². The Morgan fingerprint density at radius 2 is 1.81 bits per heavy atom. The number of carbonyl (C=O) groups excluding carboxylic acids is 1. The Bertz CT molecular complexity index is 1210.